The minimum absolute atomic E-state index is 0.165. The average molecular weight is 462 g/mol. The number of amides is 1. The van der Waals surface area contributed by atoms with Crippen LogP contribution in [0.25, 0.3) is 11.0 Å². The van der Waals surface area contributed by atoms with Gasteiger partial charge in [0.05, 0.1) is 16.9 Å². The van der Waals surface area contributed by atoms with Crippen molar-refractivity contribution in [2.75, 3.05) is 23.3 Å². The summed E-state index contributed by atoms with van der Waals surface area (Å²) in [4.78, 5) is 15.4. The van der Waals surface area contributed by atoms with Crippen molar-refractivity contribution in [3.8, 4) is 5.75 Å². The number of nitrogens with zero attached hydrogens (tertiary/aromatic N) is 4. The first-order chi connectivity index (χ1) is 16.6. The molecule has 2 aromatic heterocycles. The number of aromatic nitrogens is 3. The molecular formula is C25H27N5O4. The molecule has 3 heterocycles. The van der Waals surface area contributed by atoms with Crippen LogP contribution in [0.1, 0.15) is 53.6 Å². The molecule has 0 saturated carbocycles. The fraction of sp³-hybridized carbons (Fsp3) is 0.360. The fourth-order valence-corrected chi connectivity index (χ4v) is 4.24. The average Bonchev–Trinajstić information content (AvgIpc) is 3.51. The molecule has 34 heavy (non-hydrogen) atoms. The van der Waals surface area contributed by atoms with E-state index >= 15 is 0 Å². The number of rotatable bonds is 7. The highest BCUT2D eigenvalue weighted by molar-refractivity contribution is 6.09. The SMILES string of the molecule is CCc1ccc(OCc2c(C(=O)Nc3ccc(N4CCCCC4)c4nonc34)noc2C)cc1. The van der Waals surface area contributed by atoms with E-state index in [4.69, 9.17) is 13.9 Å². The maximum atomic E-state index is 13.1. The van der Waals surface area contributed by atoms with E-state index in [0.29, 0.717) is 33.8 Å². The van der Waals surface area contributed by atoms with Gasteiger partial charge in [0.25, 0.3) is 5.91 Å². The van der Waals surface area contributed by atoms with Crippen LogP contribution in [0.4, 0.5) is 11.4 Å². The highest BCUT2D eigenvalue weighted by Crippen LogP contribution is 2.32. The Morgan fingerprint density at radius 1 is 1.03 bits per heavy atom. The first-order valence-electron chi connectivity index (χ1n) is 11.6. The van der Waals surface area contributed by atoms with E-state index in [1.165, 1.54) is 12.0 Å². The van der Waals surface area contributed by atoms with Crippen LogP contribution >= 0.6 is 0 Å². The first kappa shape index (κ1) is 21.9. The summed E-state index contributed by atoms with van der Waals surface area (Å²) in [5.41, 5.74) is 4.61. The van der Waals surface area contributed by atoms with Crippen molar-refractivity contribution in [3.05, 3.63) is 59.0 Å². The molecule has 4 aromatic rings. The number of benzene rings is 2. The molecule has 1 aliphatic rings. The van der Waals surface area contributed by atoms with Gasteiger partial charge in [0.15, 0.2) is 16.7 Å². The van der Waals surface area contributed by atoms with Crippen molar-refractivity contribution < 1.29 is 18.7 Å². The molecule has 0 unspecified atom stereocenters. The van der Waals surface area contributed by atoms with Gasteiger partial charge in [-0.3, -0.25) is 4.79 Å². The quantitative estimate of drug-likeness (QED) is 0.414. The van der Waals surface area contributed by atoms with Crippen molar-refractivity contribution in [1.29, 1.82) is 0 Å². The molecule has 9 heteroatoms. The van der Waals surface area contributed by atoms with Crippen LogP contribution in [0.5, 0.6) is 5.75 Å². The lowest BCUT2D eigenvalue weighted by Crippen LogP contribution is -2.29. The summed E-state index contributed by atoms with van der Waals surface area (Å²) in [6, 6.07) is 11.7. The molecule has 0 aliphatic carbocycles. The molecule has 9 nitrogen and oxygen atoms in total. The largest absolute Gasteiger partial charge is 0.489 e. The fourth-order valence-electron chi connectivity index (χ4n) is 4.24. The number of hydrogen-bond acceptors (Lipinski definition) is 8. The number of aryl methyl sites for hydroxylation is 2. The van der Waals surface area contributed by atoms with Crippen molar-refractivity contribution in [1.82, 2.24) is 15.5 Å². The van der Waals surface area contributed by atoms with Gasteiger partial charge in [0, 0.05) is 13.1 Å². The Labute approximate surface area is 197 Å². The summed E-state index contributed by atoms with van der Waals surface area (Å²) >= 11 is 0. The summed E-state index contributed by atoms with van der Waals surface area (Å²) in [7, 11) is 0. The summed E-state index contributed by atoms with van der Waals surface area (Å²) in [6.45, 7) is 5.96. The van der Waals surface area contributed by atoms with Crippen LogP contribution in [0.15, 0.2) is 45.6 Å². The Kier molecular flexibility index (Phi) is 6.16. The van der Waals surface area contributed by atoms with Crippen LogP contribution in [0, 0.1) is 6.92 Å². The number of anilines is 2. The van der Waals surface area contributed by atoms with Gasteiger partial charge in [-0.15, -0.1) is 0 Å². The predicted molar refractivity (Wildman–Crippen MR) is 127 cm³/mol. The van der Waals surface area contributed by atoms with E-state index in [2.05, 4.69) is 32.6 Å². The molecule has 1 saturated heterocycles. The Morgan fingerprint density at radius 2 is 1.79 bits per heavy atom. The van der Waals surface area contributed by atoms with Crippen LogP contribution in [0.3, 0.4) is 0 Å². The normalized spacial score (nSPS) is 13.9. The topological polar surface area (TPSA) is 107 Å². The van der Waals surface area contributed by atoms with E-state index in [1.807, 2.05) is 36.4 Å². The number of nitrogens with one attached hydrogen (secondary N) is 1. The molecule has 1 fully saturated rings. The second-order valence-electron chi connectivity index (χ2n) is 8.45. The van der Waals surface area contributed by atoms with Crippen LogP contribution in [-0.2, 0) is 13.0 Å². The zero-order valence-electron chi connectivity index (χ0n) is 19.3. The molecule has 0 spiro atoms. The molecule has 0 bridgehead atoms. The van der Waals surface area contributed by atoms with Crippen LogP contribution in [-0.4, -0.2) is 34.5 Å². The van der Waals surface area contributed by atoms with Gasteiger partial charge in [0.1, 0.15) is 18.1 Å². The molecule has 1 N–H and O–H groups in total. The molecule has 0 radical (unpaired) electrons. The number of ether oxygens (including phenoxy) is 1. The highest BCUT2D eigenvalue weighted by atomic mass is 16.6. The zero-order valence-corrected chi connectivity index (χ0v) is 19.3. The van der Waals surface area contributed by atoms with Crippen molar-refractivity contribution in [2.45, 2.75) is 46.1 Å². The van der Waals surface area contributed by atoms with Gasteiger partial charge < -0.3 is 19.5 Å². The minimum Gasteiger partial charge on any atom is -0.489 e. The van der Waals surface area contributed by atoms with Crippen LogP contribution in [0.2, 0.25) is 0 Å². The first-order valence-corrected chi connectivity index (χ1v) is 11.6. The Balaban J connectivity index is 1.34. The number of piperidine rings is 1. The third kappa shape index (κ3) is 4.33. The second-order valence-corrected chi connectivity index (χ2v) is 8.45. The smallest absolute Gasteiger partial charge is 0.278 e. The van der Waals surface area contributed by atoms with Gasteiger partial charge in [-0.05, 0) is 72.7 Å². The van der Waals surface area contributed by atoms with E-state index in [1.54, 1.807) is 6.92 Å². The van der Waals surface area contributed by atoms with E-state index in [0.717, 1.165) is 38.0 Å². The monoisotopic (exact) mass is 461 g/mol. The third-order valence-electron chi connectivity index (χ3n) is 6.25. The van der Waals surface area contributed by atoms with Gasteiger partial charge in [-0.25, -0.2) is 4.63 Å². The maximum absolute atomic E-state index is 13.1. The predicted octanol–water partition coefficient (Wildman–Crippen LogP) is 4.90. The van der Waals surface area contributed by atoms with Crippen molar-refractivity contribution >= 4 is 28.3 Å². The summed E-state index contributed by atoms with van der Waals surface area (Å²) in [6.07, 6.45) is 4.48. The van der Waals surface area contributed by atoms with Gasteiger partial charge in [0.2, 0.25) is 0 Å². The molecule has 5 rings (SSSR count). The minimum atomic E-state index is -0.410. The van der Waals surface area contributed by atoms with Crippen LogP contribution < -0.4 is 15.0 Å². The summed E-state index contributed by atoms with van der Waals surface area (Å²) < 4.78 is 16.2. The molecule has 0 atom stereocenters. The van der Waals surface area contributed by atoms with Gasteiger partial charge in [-0.1, -0.05) is 24.2 Å². The standard InChI is InChI=1S/C25H27N5O4/c1-3-17-7-9-18(10-8-17)32-15-19-16(2)33-27-22(19)25(31)26-20-11-12-21(24-23(20)28-34-29-24)30-13-5-4-6-14-30/h7-12H,3-6,13-15H2,1-2H3,(H,26,31). The molecule has 176 valence electrons. The highest BCUT2D eigenvalue weighted by Gasteiger charge is 2.23. The Bertz CT molecular complexity index is 1290. The number of carbonyl (C=O) groups excluding carboxylic acids is 1. The lowest BCUT2D eigenvalue weighted by Gasteiger charge is -2.28. The van der Waals surface area contributed by atoms with Gasteiger partial charge in [-0.2, -0.15) is 0 Å². The lowest BCUT2D eigenvalue weighted by molar-refractivity contribution is 0.101. The lowest BCUT2D eigenvalue weighted by atomic mass is 10.1. The Hall–Kier alpha value is -3.88. The summed E-state index contributed by atoms with van der Waals surface area (Å²) in [5.74, 6) is 0.837. The van der Waals surface area contributed by atoms with E-state index in [9.17, 15) is 4.79 Å². The maximum Gasteiger partial charge on any atom is 0.278 e. The molecule has 1 aliphatic heterocycles. The van der Waals surface area contributed by atoms with Crippen molar-refractivity contribution in [3.63, 3.8) is 0 Å². The van der Waals surface area contributed by atoms with Crippen molar-refractivity contribution in [2.24, 2.45) is 0 Å². The zero-order chi connectivity index (χ0) is 23.5. The van der Waals surface area contributed by atoms with Gasteiger partial charge >= 0.3 is 0 Å². The number of carbonyl (C=O) groups is 1. The Morgan fingerprint density at radius 3 is 2.56 bits per heavy atom. The second kappa shape index (κ2) is 9.54. The molecular weight excluding hydrogens is 434 g/mol. The molecule has 2 aromatic carbocycles. The third-order valence-corrected chi connectivity index (χ3v) is 6.25. The van der Waals surface area contributed by atoms with E-state index < -0.39 is 5.91 Å². The summed E-state index contributed by atoms with van der Waals surface area (Å²) in [5, 5.41) is 15.0. The number of fused-ring (bicyclic) bond motifs is 1. The molecule has 1 amide bonds. The van der Waals surface area contributed by atoms with E-state index in [-0.39, 0.29) is 12.3 Å². The number of hydrogen-bond donors (Lipinski definition) is 1.